The predicted molar refractivity (Wildman–Crippen MR) is 57.4 cm³/mol. The minimum absolute atomic E-state index is 0.102. The Hall–Kier alpha value is -0.650. The quantitative estimate of drug-likeness (QED) is 0.549. The van der Waals surface area contributed by atoms with Gasteiger partial charge in [-0.15, -0.1) is 0 Å². The highest BCUT2D eigenvalue weighted by Crippen LogP contribution is 2.12. The molecule has 0 aliphatic rings. The molecule has 0 bridgehead atoms. The third-order valence-electron chi connectivity index (χ3n) is 1.80. The van der Waals surface area contributed by atoms with E-state index in [0.717, 1.165) is 16.5 Å². The van der Waals surface area contributed by atoms with Gasteiger partial charge >= 0.3 is 0 Å². The van der Waals surface area contributed by atoms with Crippen molar-refractivity contribution in [3.63, 3.8) is 0 Å². The molecule has 4 nitrogen and oxygen atoms in total. The molecule has 1 atom stereocenters. The Morgan fingerprint density at radius 2 is 2.14 bits per heavy atom. The van der Waals surface area contributed by atoms with Gasteiger partial charge in [-0.3, -0.25) is 0 Å². The van der Waals surface area contributed by atoms with E-state index in [-0.39, 0.29) is 12.6 Å². The summed E-state index contributed by atoms with van der Waals surface area (Å²) in [6.07, 6.45) is 3.59. The maximum Gasteiger partial charge on any atom is 0.187 e. The SMILES string of the molecule is CNC(CO)CSc1ncc(C)cn1. The molecule has 0 fully saturated rings. The number of aliphatic hydroxyl groups is 1. The number of hydrogen-bond donors (Lipinski definition) is 2. The first-order chi connectivity index (χ1) is 6.76. The Morgan fingerprint density at radius 1 is 1.50 bits per heavy atom. The van der Waals surface area contributed by atoms with Gasteiger partial charge in [0.2, 0.25) is 0 Å². The standard InChI is InChI=1S/C9H15N3OS/c1-7-3-11-9(12-4-7)14-6-8(5-13)10-2/h3-4,8,10,13H,5-6H2,1-2H3. The predicted octanol–water partition coefficient (Wildman–Crippen LogP) is 0.457. The van der Waals surface area contributed by atoms with E-state index in [4.69, 9.17) is 5.11 Å². The van der Waals surface area contributed by atoms with Crippen LogP contribution in [0.3, 0.4) is 0 Å². The second kappa shape index (κ2) is 5.95. The molecule has 5 heteroatoms. The minimum Gasteiger partial charge on any atom is -0.395 e. The molecular formula is C9H15N3OS. The number of aromatic nitrogens is 2. The highest BCUT2D eigenvalue weighted by atomic mass is 32.2. The van der Waals surface area contributed by atoms with Crippen molar-refractivity contribution in [2.45, 2.75) is 18.1 Å². The summed E-state index contributed by atoms with van der Waals surface area (Å²) >= 11 is 1.54. The zero-order valence-electron chi connectivity index (χ0n) is 8.40. The van der Waals surface area contributed by atoms with E-state index in [1.165, 1.54) is 0 Å². The summed E-state index contributed by atoms with van der Waals surface area (Å²) in [5, 5.41) is 12.7. The molecule has 0 amide bonds. The second-order valence-electron chi connectivity index (χ2n) is 3.02. The van der Waals surface area contributed by atoms with Gasteiger partial charge in [0, 0.05) is 24.2 Å². The van der Waals surface area contributed by atoms with E-state index in [2.05, 4.69) is 15.3 Å². The van der Waals surface area contributed by atoms with Gasteiger partial charge in [0.15, 0.2) is 5.16 Å². The van der Waals surface area contributed by atoms with Crippen LogP contribution in [0.15, 0.2) is 17.6 Å². The van der Waals surface area contributed by atoms with Crippen LogP contribution < -0.4 is 5.32 Å². The van der Waals surface area contributed by atoms with E-state index < -0.39 is 0 Å². The van der Waals surface area contributed by atoms with Crippen LogP contribution >= 0.6 is 11.8 Å². The lowest BCUT2D eigenvalue weighted by atomic mass is 10.4. The van der Waals surface area contributed by atoms with E-state index in [1.54, 1.807) is 24.2 Å². The molecule has 1 aromatic heterocycles. The van der Waals surface area contributed by atoms with Crippen molar-refractivity contribution < 1.29 is 5.11 Å². The fraction of sp³-hybridized carbons (Fsp3) is 0.556. The number of aliphatic hydroxyl groups excluding tert-OH is 1. The zero-order chi connectivity index (χ0) is 10.4. The molecule has 78 valence electrons. The van der Waals surface area contributed by atoms with Crippen molar-refractivity contribution >= 4 is 11.8 Å². The van der Waals surface area contributed by atoms with Gasteiger partial charge < -0.3 is 10.4 Å². The highest BCUT2D eigenvalue weighted by molar-refractivity contribution is 7.99. The van der Waals surface area contributed by atoms with Crippen LogP contribution in [-0.2, 0) is 0 Å². The zero-order valence-corrected chi connectivity index (χ0v) is 9.21. The van der Waals surface area contributed by atoms with Crippen molar-refractivity contribution in [3.8, 4) is 0 Å². The molecule has 1 rings (SSSR count). The third-order valence-corrected chi connectivity index (χ3v) is 2.84. The Labute approximate surface area is 88.2 Å². The lowest BCUT2D eigenvalue weighted by Crippen LogP contribution is -2.31. The second-order valence-corrected chi connectivity index (χ2v) is 4.01. The highest BCUT2D eigenvalue weighted by Gasteiger charge is 2.05. The summed E-state index contributed by atoms with van der Waals surface area (Å²) in [4.78, 5) is 8.32. The van der Waals surface area contributed by atoms with Crippen LogP contribution in [0.5, 0.6) is 0 Å². The third kappa shape index (κ3) is 3.61. The van der Waals surface area contributed by atoms with Crippen LogP contribution in [0.4, 0.5) is 0 Å². The molecule has 1 aromatic rings. The van der Waals surface area contributed by atoms with Crippen molar-refractivity contribution in [1.29, 1.82) is 0 Å². The number of aryl methyl sites for hydroxylation is 1. The summed E-state index contributed by atoms with van der Waals surface area (Å²) < 4.78 is 0. The van der Waals surface area contributed by atoms with Crippen LogP contribution in [0.2, 0.25) is 0 Å². The molecular weight excluding hydrogens is 198 g/mol. The summed E-state index contributed by atoms with van der Waals surface area (Å²) in [7, 11) is 1.83. The fourth-order valence-electron chi connectivity index (χ4n) is 0.858. The summed E-state index contributed by atoms with van der Waals surface area (Å²) in [6, 6.07) is 0.102. The van der Waals surface area contributed by atoms with Crippen LogP contribution in [0.1, 0.15) is 5.56 Å². The molecule has 0 saturated carbocycles. The maximum absolute atomic E-state index is 8.93. The first-order valence-electron chi connectivity index (χ1n) is 4.46. The molecule has 14 heavy (non-hydrogen) atoms. The molecule has 0 aliphatic heterocycles. The molecule has 0 aromatic carbocycles. The van der Waals surface area contributed by atoms with E-state index in [9.17, 15) is 0 Å². The van der Waals surface area contributed by atoms with Gasteiger partial charge in [0.05, 0.1) is 6.61 Å². The largest absolute Gasteiger partial charge is 0.395 e. The Kier molecular flexibility index (Phi) is 4.86. The Bertz CT molecular complexity index is 261. The number of likely N-dealkylation sites (N-methyl/N-ethyl adjacent to an activating group) is 1. The van der Waals surface area contributed by atoms with Gasteiger partial charge in [-0.05, 0) is 19.5 Å². The van der Waals surface area contributed by atoms with Gasteiger partial charge in [0.25, 0.3) is 0 Å². The van der Waals surface area contributed by atoms with Crippen molar-refractivity contribution in [2.75, 3.05) is 19.4 Å². The number of thioether (sulfide) groups is 1. The summed E-state index contributed by atoms with van der Waals surface area (Å²) in [5.41, 5.74) is 1.06. The van der Waals surface area contributed by atoms with E-state index in [1.807, 2.05) is 14.0 Å². The molecule has 0 saturated heterocycles. The lowest BCUT2D eigenvalue weighted by molar-refractivity contribution is 0.260. The van der Waals surface area contributed by atoms with Crippen molar-refractivity contribution in [2.24, 2.45) is 0 Å². The normalized spacial score (nSPS) is 12.8. The molecule has 0 radical (unpaired) electrons. The van der Waals surface area contributed by atoms with E-state index in [0.29, 0.717) is 0 Å². The summed E-state index contributed by atoms with van der Waals surface area (Å²) in [5.74, 6) is 0.774. The van der Waals surface area contributed by atoms with Gasteiger partial charge in [-0.2, -0.15) is 0 Å². The first kappa shape index (κ1) is 11.4. The monoisotopic (exact) mass is 213 g/mol. The molecule has 2 N–H and O–H groups in total. The van der Waals surface area contributed by atoms with Crippen molar-refractivity contribution in [3.05, 3.63) is 18.0 Å². The first-order valence-corrected chi connectivity index (χ1v) is 5.44. The van der Waals surface area contributed by atoms with Gasteiger partial charge in [-0.1, -0.05) is 11.8 Å². The average Bonchev–Trinajstić information content (AvgIpc) is 2.22. The summed E-state index contributed by atoms with van der Waals surface area (Å²) in [6.45, 7) is 2.09. The Morgan fingerprint density at radius 3 is 2.64 bits per heavy atom. The van der Waals surface area contributed by atoms with E-state index >= 15 is 0 Å². The van der Waals surface area contributed by atoms with Crippen LogP contribution in [0, 0.1) is 6.92 Å². The van der Waals surface area contributed by atoms with Crippen molar-refractivity contribution in [1.82, 2.24) is 15.3 Å². The number of nitrogens with one attached hydrogen (secondary N) is 1. The maximum atomic E-state index is 8.93. The smallest absolute Gasteiger partial charge is 0.187 e. The number of nitrogens with zero attached hydrogens (tertiary/aromatic N) is 2. The minimum atomic E-state index is 0.102. The Balaban J connectivity index is 2.41. The lowest BCUT2D eigenvalue weighted by Gasteiger charge is -2.10. The average molecular weight is 213 g/mol. The van der Waals surface area contributed by atoms with Gasteiger partial charge in [0.1, 0.15) is 0 Å². The van der Waals surface area contributed by atoms with Crippen LogP contribution in [0.25, 0.3) is 0 Å². The molecule has 1 unspecified atom stereocenters. The molecule has 1 heterocycles. The number of hydrogen-bond acceptors (Lipinski definition) is 5. The van der Waals surface area contributed by atoms with Crippen LogP contribution in [-0.4, -0.2) is 40.5 Å². The molecule has 0 aliphatic carbocycles. The number of rotatable bonds is 5. The fourth-order valence-corrected chi connectivity index (χ4v) is 1.73. The topological polar surface area (TPSA) is 58.0 Å². The van der Waals surface area contributed by atoms with Gasteiger partial charge in [-0.25, -0.2) is 9.97 Å². The molecule has 0 spiro atoms.